The Morgan fingerprint density at radius 1 is 1.10 bits per heavy atom. The molecule has 1 unspecified atom stereocenters. The minimum Gasteiger partial charge on any atom is -0.394 e. The Kier molecular flexibility index (Phi) is 3.45. The van der Waals surface area contributed by atoms with Crippen molar-refractivity contribution in [2.45, 2.75) is 30.6 Å². The number of hydrogen-bond acceptors (Lipinski definition) is 6. The van der Waals surface area contributed by atoms with Crippen LogP contribution >= 0.6 is 0 Å². The van der Waals surface area contributed by atoms with Crippen LogP contribution in [-0.2, 0) is 4.74 Å². The second-order valence-corrected chi connectivity index (χ2v) is 4.86. The fourth-order valence-corrected chi connectivity index (χ4v) is 2.49. The molecule has 0 radical (unpaired) electrons. The van der Waals surface area contributed by atoms with Crippen molar-refractivity contribution in [1.82, 2.24) is 9.55 Å². The van der Waals surface area contributed by atoms with E-state index in [1.54, 1.807) is 4.57 Å². The van der Waals surface area contributed by atoms with Gasteiger partial charge in [-0.1, -0.05) is 12.1 Å². The highest BCUT2D eigenvalue weighted by molar-refractivity contribution is 5.75. The van der Waals surface area contributed by atoms with E-state index in [-0.39, 0.29) is 0 Å². The van der Waals surface area contributed by atoms with Gasteiger partial charge in [0.05, 0.1) is 24.0 Å². The number of imidazole rings is 1. The molecule has 1 fully saturated rings. The lowest BCUT2D eigenvalue weighted by atomic mass is 9.98. The molecule has 1 saturated heterocycles. The lowest BCUT2D eigenvalue weighted by Gasteiger charge is -2.40. The summed E-state index contributed by atoms with van der Waals surface area (Å²) in [5, 5.41) is 38.9. The van der Waals surface area contributed by atoms with Gasteiger partial charge < -0.3 is 29.7 Å². The van der Waals surface area contributed by atoms with Gasteiger partial charge in [0.15, 0.2) is 6.23 Å². The van der Waals surface area contributed by atoms with Crippen LogP contribution in [0.5, 0.6) is 0 Å². The van der Waals surface area contributed by atoms with Gasteiger partial charge in [-0.25, -0.2) is 4.98 Å². The Hall–Kier alpha value is -1.51. The third-order valence-electron chi connectivity index (χ3n) is 3.62. The normalized spacial score (nSPS) is 34.5. The Bertz CT molecular complexity index is 599. The zero-order valence-electron chi connectivity index (χ0n) is 10.6. The summed E-state index contributed by atoms with van der Waals surface area (Å²) in [4.78, 5) is 4.19. The van der Waals surface area contributed by atoms with Crippen LogP contribution in [0.1, 0.15) is 6.23 Å². The maximum Gasteiger partial charge on any atom is 0.164 e. The molecule has 7 nitrogen and oxygen atoms in total. The molecule has 7 heteroatoms. The number of para-hydroxylation sites is 2. The third kappa shape index (κ3) is 2.00. The lowest BCUT2D eigenvalue weighted by molar-refractivity contribution is -0.250. The van der Waals surface area contributed by atoms with Crippen LogP contribution in [0.4, 0.5) is 0 Å². The molecule has 1 aliphatic rings. The summed E-state index contributed by atoms with van der Waals surface area (Å²) >= 11 is 0. The van der Waals surface area contributed by atoms with E-state index in [1.165, 1.54) is 6.33 Å². The summed E-state index contributed by atoms with van der Waals surface area (Å²) in [5.74, 6) is 0. The maximum absolute atomic E-state index is 10.1. The van der Waals surface area contributed by atoms with Gasteiger partial charge in [-0.2, -0.15) is 0 Å². The van der Waals surface area contributed by atoms with E-state index < -0.39 is 37.3 Å². The minimum atomic E-state index is -1.40. The number of hydrogen-bond donors (Lipinski definition) is 4. The van der Waals surface area contributed by atoms with E-state index in [4.69, 9.17) is 4.74 Å². The highest BCUT2D eigenvalue weighted by Gasteiger charge is 2.44. The lowest BCUT2D eigenvalue weighted by Crippen LogP contribution is -2.56. The van der Waals surface area contributed by atoms with Crippen LogP contribution < -0.4 is 0 Å². The molecule has 1 aromatic carbocycles. The zero-order chi connectivity index (χ0) is 14.3. The summed E-state index contributed by atoms with van der Waals surface area (Å²) < 4.78 is 7.08. The smallest absolute Gasteiger partial charge is 0.164 e. The van der Waals surface area contributed by atoms with Crippen molar-refractivity contribution in [2.75, 3.05) is 6.61 Å². The van der Waals surface area contributed by atoms with Gasteiger partial charge in [-0.05, 0) is 12.1 Å². The van der Waals surface area contributed by atoms with Gasteiger partial charge in [-0.3, -0.25) is 0 Å². The first-order chi connectivity index (χ1) is 9.63. The first-order valence-electron chi connectivity index (χ1n) is 6.35. The second kappa shape index (κ2) is 5.12. The van der Waals surface area contributed by atoms with Crippen molar-refractivity contribution in [1.29, 1.82) is 0 Å². The van der Waals surface area contributed by atoms with Crippen molar-refractivity contribution < 1.29 is 25.2 Å². The Morgan fingerprint density at radius 2 is 1.85 bits per heavy atom. The molecule has 5 atom stereocenters. The summed E-state index contributed by atoms with van der Waals surface area (Å²) in [6, 6.07) is 7.29. The first kappa shape index (κ1) is 13.5. The number of aliphatic hydroxyl groups excluding tert-OH is 4. The average Bonchev–Trinajstić information content (AvgIpc) is 2.89. The number of aromatic nitrogens is 2. The zero-order valence-corrected chi connectivity index (χ0v) is 10.6. The van der Waals surface area contributed by atoms with Crippen LogP contribution in [-0.4, -0.2) is 61.0 Å². The largest absolute Gasteiger partial charge is 0.394 e. The third-order valence-corrected chi connectivity index (χ3v) is 3.62. The number of aliphatic hydroxyl groups is 4. The Balaban J connectivity index is 2.00. The summed E-state index contributed by atoms with van der Waals surface area (Å²) in [6.45, 7) is -0.450. The van der Waals surface area contributed by atoms with E-state index in [1.807, 2.05) is 24.3 Å². The topological polar surface area (TPSA) is 108 Å². The van der Waals surface area contributed by atoms with E-state index in [0.29, 0.717) is 0 Å². The molecular formula is C13H16N2O5. The van der Waals surface area contributed by atoms with Crippen molar-refractivity contribution in [3.8, 4) is 0 Å². The minimum absolute atomic E-state index is 0.450. The molecule has 108 valence electrons. The van der Waals surface area contributed by atoms with E-state index >= 15 is 0 Å². The summed E-state index contributed by atoms with van der Waals surface area (Å²) in [7, 11) is 0. The summed E-state index contributed by atoms with van der Waals surface area (Å²) in [5.41, 5.74) is 1.46. The van der Waals surface area contributed by atoms with Crippen LogP contribution in [0, 0.1) is 0 Å². The van der Waals surface area contributed by atoms with Gasteiger partial charge in [-0.15, -0.1) is 0 Å². The van der Waals surface area contributed by atoms with E-state index in [2.05, 4.69) is 4.98 Å². The molecule has 2 heterocycles. The standard InChI is InChI=1S/C13H16N2O5/c16-5-9-10(17)11(18)12(19)13(20-9)15-6-14-7-3-1-2-4-8(7)15/h1-4,6,9-13,16-19H,5H2/t9-,10-,11+,12-,13?/m1/s1. The molecule has 0 spiro atoms. The molecule has 20 heavy (non-hydrogen) atoms. The van der Waals surface area contributed by atoms with Gasteiger partial charge in [0.2, 0.25) is 0 Å². The number of fused-ring (bicyclic) bond motifs is 1. The maximum atomic E-state index is 10.1. The van der Waals surface area contributed by atoms with Crippen LogP contribution in [0.25, 0.3) is 11.0 Å². The highest BCUT2D eigenvalue weighted by Crippen LogP contribution is 2.30. The van der Waals surface area contributed by atoms with Gasteiger partial charge in [0.25, 0.3) is 0 Å². The number of benzene rings is 1. The van der Waals surface area contributed by atoms with Crippen LogP contribution in [0.3, 0.4) is 0 Å². The predicted molar refractivity (Wildman–Crippen MR) is 68.7 cm³/mol. The van der Waals surface area contributed by atoms with Crippen LogP contribution in [0.2, 0.25) is 0 Å². The van der Waals surface area contributed by atoms with Crippen molar-refractivity contribution in [2.24, 2.45) is 0 Å². The number of rotatable bonds is 2. The number of nitrogens with zero attached hydrogens (tertiary/aromatic N) is 2. The monoisotopic (exact) mass is 280 g/mol. The van der Waals surface area contributed by atoms with E-state index in [0.717, 1.165) is 11.0 Å². The fourth-order valence-electron chi connectivity index (χ4n) is 2.49. The molecule has 3 rings (SSSR count). The molecule has 2 aromatic rings. The van der Waals surface area contributed by atoms with Crippen molar-refractivity contribution >= 4 is 11.0 Å². The molecule has 0 bridgehead atoms. The van der Waals surface area contributed by atoms with Gasteiger partial charge in [0.1, 0.15) is 24.4 Å². The Labute approximate surface area is 114 Å². The quantitative estimate of drug-likeness (QED) is 0.562. The second-order valence-electron chi connectivity index (χ2n) is 4.86. The molecule has 1 aromatic heterocycles. The molecule has 0 amide bonds. The van der Waals surface area contributed by atoms with Gasteiger partial charge in [0, 0.05) is 0 Å². The molecule has 4 N–H and O–H groups in total. The molecule has 1 aliphatic heterocycles. The number of ether oxygens (including phenoxy) is 1. The predicted octanol–water partition coefficient (Wildman–Crippen LogP) is -0.991. The summed E-state index contributed by atoms with van der Waals surface area (Å²) in [6.07, 6.45) is -4.42. The van der Waals surface area contributed by atoms with Crippen molar-refractivity contribution in [3.63, 3.8) is 0 Å². The molecule has 0 saturated carbocycles. The molecule has 0 aliphatic carbocycles. The first-order valence-corrected chi connectivity index (χ1v) is 6.35. The van der Waals surface area contributed by atoms with Gasteiger partial charge >= 0.3 is 0 Å². The average molecular weight is 280 g/mol. The van der Waals surface area contributed by atoms with Crippen molar-refractivity contribution in [3.05, 3.63) is 30.6 Å². The van der Waals surface area contributed by atoms with E-state index in [9.17, 15) is 20.4 Å². The highest BCUT2D eigenvalue weighted by atomic mass is 16.6. The SMILES string of the molecule is OC[C@H]1OC(n2cnc3ccccc32)[C@H](O)[C@@H](O)[C@@H]1O. The Morgan fingerprint density at radius 3 is 2.60 bits per heavy atom. The van der Waals surface area contributed by atoms with Crippen LogP contribution in [0.15, 0.2) is 30.6 Å². The molecular weight excluding hydrogens is 264 g/mol. The fraction of sp³-hybridized carbons (Fsp3) is 0.462.